The Labute approximate surface area is 199 Å². The second-order valence-corrected chi connectivity index (χ2v) is 8.05. The molecular weight excluding hydrogens is 446 g/mol. The van der Waals surface area contributed by atoms with Crippen LogP contribution in [-0.4, -0.2) is 28.4 Å². The SMILES string of the molecule is COc1ccc(-c2n[nH]c3c2C(c2cccc[n+]2[O-])N(c2ccc(-c4ccon4)cc2)C3=O)cc1. The van der Waals surface area contributed by atoms with Crippen LogP contribution in [-0.2, 0) is 0 Å². The standard InChI is InChI=1S/C26H19N5O4/c1-34-19-11-7-17(8-12-19)23-22-24(28-27-23)26(32)31(25(22)21-4-2-3-14-30(21)33)18-9-5-16(6-10-18)20-13-15-35-29-20/h2-15,25H,1H3,(H,27,28). The van der Waals surface area contributed by atoms with Crippen LogP contribution in [0.25, 0.3) is 22.5 Å². The van der Waals surface area contributed by atoms with E-state index in [1.54, 1.807) is 36.3 Å². The van der Waals surface area contributed by atoms with Crippen LogP contribution < -0.4 is 14.4 Å². The topological polar surface area (TPSA) is 111 Å². The van der Waals surface area contributed by atoms with Crippen molar-refractivity contribution in [2.24, 2.45) is 0 Å². The van der Waals surface area contributed by atoms with Crippen LogP contribution in [0.2, 0.25) is 0 Å². The molecule has 0 bridgehead atoms. The van der Waals surface area contributed by atoms with Gasteiger partial charge in [-0.2, -0.15) is 9.83 Å². The van der Waals surface area contributed by atoms with Gasteiger partial charge in [0, 0.05) is 40.6 Å². The molecule has 4 heterocycles. The van der Waals surface area contributed by atoms with Crippen molar-refractivity contribution in [3.63, 3.8) is 0 Å². The zero-order chi connectivity index (χ0) is 23.9. The molecule has 0 aliphatic carbocycles. The zero-order valence-corrected chi connectivity index (χ0v) is 18.6. The van der Waals surface area contributed by atoms with Crippen molar-refractivity contribution in [2.45, 2.75) is 6.04 Å². The van der Waals surface area contributed by atoms with E-state index in [1.807, 2.05) is 48.5 Å². The summed E-state index contributed by atoms with van der Waals surface area (Å²) < 4.78 is 11.0. The molecule has 0 saturated carbocycles. The number of pyridine rings is 1. The van der Waals surface area contributed by atoms with E-state index in [1.165, 1.54) is 12.5 Å². The van der Waals surface area contributed by atoms with Gasteiger partial charge >= 0.3 is 0 Å². The average Bonchev–Trinajstić information content (AvgIpc) is 3.63. The quantitative estimate of drug-likeness (QED) is 0.309. The van der Waals surface area contributed by atoms with E-state index in [9.17, 15) is 10.0 Å². The molecule has 1 N–H and O–H groups in total. The number of methoxy groups -OCH3 is 1. The number of anilines is 1. The summed E-state index contributed by atoms with van der Waals surface area (Å²) in [6.45, 7) is 0. The molecule has 0 radical (unpaired) electrons. The van der Waals surface area contributed by atoms with E-state index in [4.69, 9.17) is 9.26 Å². The minimum atomic E-state index is -0.676. The minimum Gasteiger partial charge on any atom is -0.618 e. The average molecular weight is 465 g/mol. The normalized spacial score (nSPS) is 14.8. The first-order chi connectivity index (χ1) is 17.2. The van der Waals surface area contributed by atoms with Crippen LogP contribution >= 0.6 is 0 Å². The number of carbonyl (C=O) groups is 1. The Kier molecular flexibility index (Phi) is 4.81. The van der Waals surface area contributed by atoms with Gasteiger partial charge in [0.05, 0.1) is 12.8 Å². The maximum Gasteiger partial charge on any atom is 0.277 e. The van der Waals surface area contributed by atoms with Gasteiger partial charge in [-0.25, -0.2) is 0 Å². The third-order valence-electron chi connectivity index (χ3n) is 6.14. The van der Waals surface area contributed by atoms with Crippen molar-refractivity contribution < 1.29 is 18.8 Å². The largest absolute Gasteiger partial charge is 0.618 e. The number of nitrogens with zero attached hydrogens (tertiary/aromatic N) is 4. The monoisotopic (exact) mass is 465 g/mol. The van der Waals surface area contributed by atoms with E-state index in [0.717, 1.165) is 15.9 Å². The van der Waals surface area contributed by atoms with Gasteiger partial charge in [0.25, 0.3) is 5.91 Å². The first kappa shape index (κ1) is 20.7. The number of benzene rings is 2. The second kappa shape index (κ2) is 8.14. The fourth-order valence-corrected chi connectivity index (χ4v) is 4.47. The number of hydrogen-bond acceptors (Lipinski definition) is 6. The van der Waals surface area contributed by atoms with Gasteiger partial charge in [-0.05, 0) is 42.5 Å². The molecule has 9 heteroatoms. The molecule has 2 aromatic carbocycles. The highest BCUT2D eigenvalue weighted by Gasteiger charge is 2.46. The van der Waals surface area contributed by atoms with Crippen molar-refractivity contribution in [3.8, 4) is 28.3 Å². The maximum absolute atomic E-state index is 13.6. The van der Waals surface area contributed by atoms with Crippen LogP contribution in [0.1, 0.15) is 27.8 Å². The molecule has 1 unspecified atom stereocenters. The van der Waals surface area contributed by atoms with E-state index in [0.29, 0.717) is 39.8 Å². The second-order valence-electron chi connectivity index (χ2n) is 8.05. The Balaban J connectivity index is 1.49. The molecule has 3 aromatic heterocycles. The van der Waals surface area contributed by atoms with E-state index in [-0.39, 0.29) is 5.91 Å². The van der Waals surface area contributed by atoms with Crippen molar-refractivity contribution in [1.29, 1.82) is 0 Å². The zero-order valence-electron chi connectivity index (χ0n) is 18.6. The van der Waals surface area contributed by atoms with Crippen molar-refractivity contribution in [1.82, 2.24) is 15.4 Å². The molecule has 1 aliphatic rings. The first-order valence-electron chi connectivity index (χ1n) is 10.9. The predicted molar refractivity (Wildman–Crippen MR) is 127 cm³/mol. The van der Waals surface area contributed by atoms with Gasteiger partial charge in [-0.3, -0.25) is 14.8 Å². The third kappa shape index (κ3) is 3.33. The lowest BCUT2D eigenvalue weighted by Crippen LogP contribution is -2.39. The van der Waals surface area contributed by atoms with Crippen LogP contribution in [0.3, 0.4) is 0 Å². The number of nitrogens with one attached hydrogen (secondary N) is 1. The summed E-state index contributed by atoms with van der Waals surface area (Å²) in [5, 5.41) is 24.2. The summed E-state index contributed by atoms with van der Waals surface area (Å²) in [5.41, 5.74) is 5.00. The van der Waals surface area contributed by atoms with Crippen molar-refractivity contribution in [2.75, 3.05) is 12.0 Å². The number of amides is 1. The van der Waals surface area contributed by atoms with Gasteiger partial charge in [0.15, 0.2) is 12.2 Å². The molecule has 5 aromatic rings. The molecule has 9 nitrogen and oxygen atoms in total. The lowest BCUT2D eigenvalue weighted by atomic mass is 9.98. The Morgan fingerprint density at radius 1 is 1.03 bits per heavy atom. The number of carbonyl (C=O) groups excluding carboxylic acids is 1. The highest BCUT2D eigenvalue weighted by Crippen LogP contribution is 2.44. The van der Waals surface area contributed by atoms with E-state index < -0.39 is 6.04 Å². The summed E-state index contributed by atoms with van der Waals surface area (Å²) in [6, 6.07) is 21.1. The number of rotatable bonds is 5. The molecule has 0 spiro atoms. The Hall–Kier alpha value is -4.92. The first-order valence-corrected chi connectivity index (χ1v) is 10.9. The van der Waals surface area contributed by atoms with Crippen LogP contribution in [0.5, 0.6) is 5.75 Å². The third-order valence-corrected chi connectivity index (χ3v) is 6.14. The number of ether oxygens (including phenoxy) is 1. The van der Waals surface area contributed by atoms with Crippen LogP contribution in [0.4, 0.5) is 5.69 Å². The molecule has 0 fully saturated rings. The lowest BCUT2D eigenvalue weighted by Gasteiger charge is -2.25. The van der Waals surface area contributed by atoms with Gasteiger partial charge in [-0.15, -0.1) is 0 Å². The fourth-order valence-electron chi connectivity index (χ4n) is 4.47. The maximum atomic E-state index is 13.6. The number of H-pyrrole nitrogens is 1. The number of fused-ring (bicyclic) bond motifs is 1. The predicted octanol–water partition coefficient (Wildman–Crippen LogP) is 4.12. The van der Waals surface area contributed by atoms with Gasteiger partial charge in [-0.1, -0.05) is 17.3 Å². The smallest absolute Gasteiger partial charge is 0.277 e. The molecule has 6 rings (SSSR count). The lowest BCUT2D eigenvalue weighted by molar-refractivity contribution is -0.614. The Bertz CT molecular complexity index is 1510. The number of aromatic nitrogens is 4. The highest BCUT2D eigenvalue weighted by atomic mass is 16.5. The van der Waals surface area contributed by atoms with E-state index >= 15 is 0 Å². The molecule has 1 aliphatic heterocycles. The summed E-state index contributed by atoms with van der Waals surface area (Å²) in [5.74, 6) is 0.443. The molecule has 1 amide bonds. The number of hydrogen-bond donors (Lipinski definition) is 1. The van der Waals surface area contributed by atoms with Crippen molar-refractivity contribution >= 4 is 11.6 Å². The van der Waals surface area contributed by atoms with Crippen LogP contribution in [0.15, 0.2) is 89.8 Å². The fraction of sp³-hybridized carbons (Fsp3) is 0.0769. The molecule has 35 heavy (non-hydrogen) atoms. The van der Waals surface area contributed by atoms with Crippen molar-refractivity contribution in [3.05, 3.63) is 107 Å². The van der Waals surface area contributed by atoms with E-state index in [2.05, 4.69) is 15.4 Å². The molecular formula is C26H19N5O4. The van der Waals surface area contributed by atoms with Gasteiger partial charge < -0.3 is 14.5 Å². The molecule has 0 saturated heterocycles. The summed E-state index contributed by atoms with van der Waals surface area (Å²) in [4.78, 5) is 15.3. The summed E-state index contributed by atoms with van der Waals surface area (Å²) in [6.07, 6.45) is 2.93. The highest BCUT2D eigenvalue weighted by molar-refractivity contribution is 6.11. The summed E-state index contributed by atoms with van der Waals surface area (Å²) in [7, 11) is 1.60. The minimum absolute atomic E-state index is 0.268. The molecule has 172 valence electrons. The Morgan fingerprint density at radius 3 is 2.49 bits per heavy atom. The Morgan fingerprint density at radius 2 is 1.80 bits per heavy atom. The van der Waals surface area contributed by atoms with Crippen LogP contribution in [0, 0.1) is 5.21 Å². The van der Waals surface area contributed by atoms with Gasteiger partial charge in [0.2, 0.25) is 5.69 Å². The summed E-state index contributed by atoms with van der Waals surface area (Å²) >= 11 is 0. The number of aromatic amines is 1. The van der Waals surface area contributed by atoms with Gasteiger partial charge in [0.1, 0.15) is 23.4 Å². The molecule has 1 atom stereocenters.